The molecule has 0 atom stereocenters. The van der Waals surface area contributed by atoms with E-state index in [1.165, 1.54) is 0 Å². The zero-order valence-electron chi connectivity index (χ0n) is 7.96. The van der Waals surface area contributed by atoms with E-state index in [4.69, 9.17) is 4.18 Å². The van der Waals surface area contributed by atoms with E-state index >= 15 is 0 Å². The fraction of sp³-hybridized carbons (Fsp3) is 0. The molecule has 2 rings (SSSR count). The van der Waals surface area contributed by atoms with Gasteiger partial charge < -0.3 is 4.18 Å². The van der Waals surface area contributed by atoms with Crippen LogP contribution in [-0.4, -0.2) is 4.21 Å². The lowest BCUT2D eigenvalue weighted by Crippen LogP contribution is -1.87. The second-order valence-electron chi connectivity index (χ2n) is 3.03. The van der Waals surface area contributed by atoms with E-state index in [0.29, 0.717) is 5.75 Å². The van der Waals surface area contributed by atoms with Crippen molar-refractivity contribution >= 4 is 11.9 Å². The lowest BCUT2D eigenvalue weighted by molar-refractivity contribution is 0.583. The highest BCUT2D eigenvalue weighted by molar-refractivity contribution is 7.60. The first-order valence-electron chi connectivity index (χ1n) is 4.56. The zero-order valence-corrected chi connectivity index (χ0v) is 8.85. The van der Waals surface area contributed by atoms with Crippen LogP contribution in [0.4, 0.5) is 0 Å². The van der Waals surface area contributed by atoms with Gasteiger partial charge in [0.2, 0.25) is 0 Å². The first kappa shape index (κ1) is 9.93. The molecule has 0 aromatic heterocycles. The molecule has 0 spiro atoms. The number of rotatable bonds is 3. The predicted octanol–water partition coefficient (Wildman–Crippen LogP) is 2.59. The van der Waals surface area contributed by atoms with Crippen LogP contribution < -0.4 is 4.18 Å². The first-order chi connectivity index (χ1) is 7.42. The number of hydrogen-bond donors (Lipinski definition) is 1. The molecule has 2 aromatic rings. The largest absolute Gasteiger partial charge is 0.402 e. The van der Waals surface area contributed by atoms with Gasteiger partial charge in [-0.15, -0.1) is 0 Å². The van der Waals surface area contributed by atoms with E-state index in [2.05, 4.69) is 0 Å². The van der Waals surface area contributed by atoms with Gasteiger partial charge in [0.25, 0.3) is 0 Å². The average molecular weight is 218 g/mol. The van der Waals surface area contributed by atoms with Crippen LogP contribution in [0.1, 0.15) is 0 Å². The molecule has 0 fully saturated rings. The molecule has 0 N–H and O–H groups in total. The Hall–Kier alpha value is -1.61. The predicted molar refractivity (Wildman–Crippen MR) is 62.0 cm³/mol. The van der Waals surface area contributed by atoms with Crippen LogP contribution in [0, 0.1) is 0 Å². The normalized spacial score (nSPS) is 9.87. The minimum absolute atomic E-state index is 0.330. The minimum atomic E-state index is -0.330. The maximum absolute atomic E-state index is 10.4. The van der Waals surface area contributed by atoms with Gasteiger partial charge in [-0.25, -0.2) is 4.21 Å². The minimum Gasteiger partial charge on any atom is -0.402 e. The Morgan fingerprint density at radius 2 is 1.53 bits per heavy atom. The molecule has 0 bridgehead atoms. The monoisotopic (exact) mass is 218 g/mol. The summed E-state index contributed by atoms with van der Waals surface area (Å²) in [6, 6.07) is 17.4. The van der Waals surface area contributed by atoms with Gasteiger partial charge in [0.15, 0.2) is 11.9 Å². The van der Waals surface area contributed by atoms with Crippen molar-refractivity contribution in [1.82, 2.24) is 0 Å². The third kappa shape index (κ3) is 2.25. The van der Waals surface area contributed by atoms with Crippen molar-refractivity contribution in [2.75, 3.05) is 0 Å². The van der Waals surface area contributed by atoms with Gasteiger partial charge >= 0.3 is 0 Å². The van der Waals surface area contributed by atoms with Crippen LogP contribution in [0.5, 0.6) is 5.75 Å². The lowest BCUT2D eigenvalue weighted by Gasteiger charge is -2.06. The Morgan fingerprint density at radius 3 is 2.27 bits per heavy atom. The standard InChI is InChI=1S/C12H10O2S/c13-15-14-12-9-5-4-8-11(12)10-6-2-1-3-7-10/h1-9,15H. The Kier molecular flexibility index (Phi) is 3.15. The molecule has 0 saturated heterocycles. The molecule has 2 aromatic carbocycles. The van der Waals surface area contributed by atoms with Gasteiger partial charge in [-0.2, -0.15) is 0 Å². The molecule has 3 heteroatoms. The van der Waals surface area contributed by atoms with Gasteiger partial charge in [0.1, 0.15) is 5.75 Å². The molecular formula is C12H10O2S. The van der Waals surface area contributed by atoms with Crippen LogP contribution in [0.2, 0.25) is 0 Å². The van der Waals surface area contributed by atoms with Crippen molar-refractivity contribution in [1.29, 1.82) is 0 Å². The summed E-state index contributed by atoms with van der Waals surface area (Å²) < 4.78 is 15.4. The summed E-state index contributed by atoms with van der Waals surface area (Å²) in [6.07, 6.45) is 0. The van der Waals surface area contributed by atoms with Crippen LogP contribution in [0.25, 0.3) is 11.1 Å². The molecule has 0 heterocycles. The topological polar surface area (TPSA) is 26.3 Å². The summed E-state index contributed by atoms with van der Waals surface area (Å²) in [7, 11) is 0. The van der Waals surface area contributed by atoms with Crippen molar-refractivity contribution in [2.24, 2.45) is 0 Å². The number of hydrogen-bond acceptors (Lipinski definition) is 2. The number of benzene rings is 2. The summed E-state index contributed by atoms with van der Waals surface area (Å²) in [5, 5.41) is 0. The summed E-state index contributed by atoms with van der Waals surface area (Å²) in [4.78, 5) is 0. The SMILES string of the molecule is O=[SH]Oc1ccccc1-c1ccccc1. The summed E-state index contributed by atoms with van der Waals surface area (Å²) in [5.41, 5.74) is 2.00. The Balaban J connectivity index is 2.48. The van der Waals surface area contributed by atoms with E-state index in [0.717, 1.165) is 11.1 Å². The highest BCUT2D eigenvalue weighted by Gasteiger charge is 2.03. The lowest BCUT2D eigenvalue weighted by atomic mass is 10.1. The van der Waals surface area contributed by atoms with E-state index in [1.54, 1.807) is 6.07 Å². The van der Waals surface area contributed by atoms with E-state index in [-0.39, 0.29) is 11.9 Å². The third-order valence-electron chi connectivity index (χ3n) is 2.11. The fourth-order valence-electron chi connectivity index (χ4n) is 1.44. The fourth-order valence-corrected chi connectivity index (χ4v) is 1.68. The molecule has 0 radical (unpaired) electrons. The first-order valence-corrected chi connectivity index (χ1v) is 5.29. The van der Waals surface area contributed by atoms with Crippen molar-refractivity contribution < 1.29 is 8.39 Å². The molecule has 0 amide bonds. The molecule has 76 valence electrons. The molecular weight excluding hydrogens is 208 g/mol. The average Bonchev–Trinajstić information content (AvgIpc) is 2.31. The third-order valence-corrected chi connectivity index (χ3v) is 2.38. The van der Waals surface area contributed by atoms with Gasteiger partial charge in [-0.05, 0) is 11.6 Å². The van der Waals surface area contributed by atoms with Gasteiger partial charge in [-0.3, -0.25) is 0 Å². The maximum Gasteiger partial charge on any atom is 0.193 e. The Labute approximate surface area is 92.2 Å². The zero-order chi connectivity index (χ0) is 10.5. The molecule has 0 saturated carbocycles. The van der Waals surface area contributed by atoms with E-state index < -0.39 is 0 Å². The highest BCUT2D eigenvalue weighted by Crippen LogP contribution is 2.29. The molecule has 0 aliphatic rings. The molecule has 2 nitrogen and oxygen atoms in total. The molecule has 0 unspecified atom stereocenters. The van der Waals surface area contributed by atoms with Gasteiger partial charge in [0.05, 0.1) is 0 Å². The molecule has 0 aliphatic heterocycles. The van der Waals surface area contributed by atoms with Crippen LogP contribution >= 0.6 is 0 Å². The number of thiol groups is 1. The van der Waals surface area contributed by atoms with Crippen LogP contribution in [0.15, 0.2) is 54.6 Å². The van der Waals surface area contributed by atoms with Crippen molar-refractivity contribution in [3.8, 4) is 16.9 Å². The quantitative estimate of drug-likeness (QED) is 0.801. The maximum atomic E-state index is 10.4. The molecule has 15 heavy (non-hydrogen) atoms. The summed E-state index contributed by atoms with van der Waals surface area (Å²) in [5.74, 6) is 0.625. The van der Waals surface area contributed by atoms with Crippen LogP contribution in [-0.2, 0) is 11.9 Å². The number of para-hydroxylation sites is 1. The van der Waals surface area contributed by atoms with E-state index in [9.17, 15) is 4.21 Å². The van der Waals surface area contributed by atoms with Gasteiger partial charge in [0, 0.05) is 5.56 Å². The summed E-state index contributed by atoms with van der Waals surface area (Å²) in [6.45, 7) is 0. The molecule has 0 aliphatic carbocycles. The highest BCUT2D eigenvalue weighted by atomic mass is 32.2. The smallest absolute Gasteiger partial charge is 0.193 e. The summed E-state index contributed by atoms with van der Waals surface area (Å²) >= 11 is -0.330. The van der Waals surface area contributed by atoms with Crippen molar-refractivity contribution in [2.45, 2.75) is 0 Å². The van der Waals surface area contributed by atoms with Crippen molar-refractivity contribution in [3.05, 3.63) is 54.6 Å². The van der Waals surface area contributed by atoms with E-state index in [1.807, 2.05) is 48.5 Å². The van der Waals surface area contributed by atoms with Crippen molar-refractivity contribution in [3.63, 3.8) is 0 Å². The Morgan fingerprint density at radius 1 is 0.867 bits per heavy atom. The van der Waals surface area contributed by atoms with Gasteiger partial charge in [-0.1, -0.05) is 48.5 Å². The second-order valence-corrected chi connectivity index (χ2v) is 3.36. The Bertz CT molecular complexity index is 454. The van der Waals surface area contributed by atoms with Crippen LogP contribution in [0.3, 0.4) is 0 Å². The second kappa shape index (κ2) is 4.75.